The van der Waals surface area contributed by atoms with Crippen molar-refractivity contribution in [2.24, 2.45) is 0 Å². The van der Waals surface area contributed by atoms with Gasteiger partial charge in [0.05, 0.1) is 13.1 Å². The lowest BCUT2D eigenvalue weighted by Crippen LogP contribution is -2.27. The maximum absolute atomic E-state index is 14.4. The maximum atomic E-state index is 14.4. The third-order valence-corrected chi connectivity index (χ3v) is 5.28. The number of amides is 1. The molecule has 0 saturated carbocycles. The number of hydrogen-bond acceptors (Lipinski definition) is 9. The van der Waals surface area contributed by atoms with E-state index in [1.165, 1.54) is 7.11 Å². The molecule has 0 unspecified atom stereocenters. The monoisotopic (exact) mass is 430 g/mol. The number of ether oxygens (including phenoxy) is 2. The topological polar surface area (TPSA) is 102 Å². The van der Waals surface area contributed by atoms with Gasteiger partial charge in [0, 0.05) is 13.3 Å². The molecule has 3 heterocycles. The highest BCUT2D eigenvalue weighted by Crippen LogP contribution is 2.29. The predicted molar refractivity (Wildman–Crippen MR) is 108 cm³/mol. The fraction of sp³-hybridized carbons (Fsp3) is 0.316. The fourth-order valence-electron chi connectivity index (χ4n) is 3.13. The van der Waals surface area contributed by atoms with E-state index in [0.717, 1.165) is 11.3 Å². The third-order valence-electron chi connectivity index (χ3n) is 4.55. The Labute approximate surface area is 175 Å². The van der Waals surface area contributed by atoms with Gasteiger partial charge in [0.15, 0.2) is 24.2 Å². The van der Waals surface area contributed by atoms with Crippen molar-refractivity contribution in [3.05, 3.63) is 54.2 Å². The van der Waals surface area contributed by atoms with Crippen LogP contribution in [0.2, 0.25) is 0 Å². The predicted octanol–water partition coefficient (Wildman–Crippen LogP) is 2.26. The molecule has 30 heavy (non-hydrogen) atoms. The Morgan fingerprint density at radius 2 is 2.03 bits per heavy atom. The highest BCUT2D eigenvalue weighted by atomic mass is 32.1. The minimum atomic E-state index is -1.22. The molecule has 1 aliphatic heterocycles. The van der Waals surface area contributed by atoms with Gasteiger partial charge in [0.25, 0.3) is 11.1 Å². The van der Waals surface area contributed by atoms with Crippen molar-refractivity contribution in [2.45, 2.75) is 18.4 Å². The van der Waals surface area contributed by atoms with E-state index in [9.17, 15) is 9.18 Å². The molecule has 1 saturated heterocycles. The smallest absolute Gasteiger partial charge is 0.296 e. The van der Waals surface area contributed by atoms with Gasteiger partial charge in [0.2, 0.25) is 5.13 Å². The molecule has 2 aromatic heterocycles. The molecule has 0 aliphatic carbocycles. The second-order valence-corrected chi connectivity index (χ2v) is 7.49. The van der Waals surface area contributed by atoms with Crippen LogP contribution in [0.5, 0.6) is 5.19 Å². The Bertz CT molecular complexity index is 977. The summed E-state index contributed by atoms with van der Waals surface area (Å²) in [6.07, 6.45) is -1.17. The Morgan fingerprint density at radius 3 is 2.77 bits per heavy atom. The maximum Gasteiger partial charge on any atom is 0.296 e. The van der Waals surface area contributed by atoms with E-state index in [2.05, 4.69) is 25.7 Å². The lowest BCUT2D eigenvalue weighted by atomic mass is 10.1. The Balaban J connectivity index is 1.37. The Morgan fingerprint density at radius 1 is 1.20 bits per heavy atom. The number of nitrogens with one attached hydrogen (secondary N) is 1. The normalized spacial score (nSPS) is 19.5. The van der Waals surface area contributed by atoms with Crippen molar-refractivity contribution < 1.29 is 18.7 Å². The molecule has 1 amide bonds. The van der Waals surface area contributed by atoms with Crippen LogP contribution in [0.1, 0.15) is 11.7 Å². The van der Waals surface area contributed by atoms with E-state index in [4.69, 9.17) is 9.47 Å². The van der Waals surface area contributed by atoms with Crippen LogP contribution in [0.25, 0.3) is 0 Å². The van der Waals surface area contributed by atoms with Gasteiger partial charge >= 0.3 is 0 Å². The number of nitrogens with zero attached hydrogens (tertiary/aromatic N) is 5. The molecule has 9 nitrogen and oxygen atoms in total. The van der Waals surface area contributed by atoms with Crippen LogP contribution < -0.4 is 15.0 Å². The van der Waals surface area contributed by atoms with Crippen LogP contribution in [0, 0.1) is 0 Å². The number of anilines is 2. The van der Waals surface area contributed by atoms with E-state index in [-0.39, 0.29) is 22.8 Å². The van der Waals surface area contributed by atoms with Crippen LogP contribution in [-0.4, -0.2) is 58.8 Å². The van der Waals surface area contributed by atoms with E-state index >= 15 is 0 Å². The number of rotatable bonds is 7. The standard InChI is InChI=1S/C19H19FN6O3S/c1-28-16(12-6-3-2-4-7-12)17(27)22-18-24-25-19(30-18)29-14-11-26(10-13(14)20)15-8-5-9-21-23-15/h2-9,13-14,16H,10-11H2,1H3,(H,22,24,27)/t13-,14-,16-/m0/s1. The van der Waals surface area contributed by atoms with Crippen LogP contribution in [0.3, 0.4) is 0 Å². The highest BCUT2D eigenvalue weighted by molar-refractivity contribution is 7.17. The molecule has 1 aliphatic rings. The first-order valence-corrected chi connectivity index (χ1v) is 10.0. The number of carbonyl (C=O) groups is 1. The molecule has 3 aromatic rings. The Hall–Kier alpha value is -3.18. The number of aromatic nitrogens is 4. The van der Waals surface area contributed by atoms with Gasteiger partial charge in [-0.05, 0) is 29.0 Å². The van der Waals surface area contributed by atoms with Crippen molar-refractivity contribution in [3.8, 4) is 5.19 Å². The molecule has 11 heteroatoms. The van der Waals surface area contributed by atoms with Crippen molar-refractivity contribution in [2.75, 3.05) is 30.4 Å². The number of alkyl halides is 1. The summed E-state index contributed by atoms with van der Waals surface area (Å²) in [6.45, 7) is 0.458. The zero-order valence-electron chi connectivity index (χ0n) is 16.0. The summed E-state index contributed by atoms with van der Waals surface area (Å²) in [7, 11) is 1.45. The summed E-state index contributed by atoms with van der Waals surface area (Å²) in [5.41, 5.74) is 0.716. The minimum absolute atomic E-state index is 0.151. The van der Waals surface area contributed by atoms with Gasteiger partial charge < -0.3 is 14.4 Å². The second kappa shape index (κ2) is 9.09. The lowest BCUT2D eigenvalue weighted by molar-refractivity contribution is -0.126. The molecule has 4 rings (SSSR count). The summed E-state index contributed by atoms with van der Waals surface area (Å²) < 4.78 is 25.4. The van der Waals surface area contributed by atoms with E-state index in [1.807, 2.05) is 18.2 Å². The van der Waals surface area contributed by atoms with Crippen molar-refractivity contribution in [1.29, 1.82) is 0 Å². The average molecular weight is 430 g/mol. The average Bonchev–Trinajstić information content (AvgIpc) is 3.36. The fourth-order valence-corrected chi connectivity index (χ4v) is 3.78. The highest BCUT2D eigenvalue weighted by Gasteiger charge is 2.36. The lowest BCUT2D eigenvalue weighted by Gasteiger charge is -2.15. The SMILES string of the molecule is CO[C@H](C(=O)Nc1nnc(O[C@H]2CN(c3cccnn3)C[C@@H]2F)s1)c1ccccc1. The zero-order chi connectivity index (χ0) is 20.9. The van der Waals surface area contributed by atoms with Crippen LogP contribution in [-0.2, 0) is 9.53 Å². The molecular formula is C19H19FN6O3S. The largest absolute Gasteiger partial charge is 0.461 e. The van der Waals surface area contributed by atoms with Gasteiger partial charge in [0.1, 0.15) is 0 Å². The van der Waals surface area contributed by atoms with Crippen molar-refractivity contribution in [3.63, 3.8) is 0 Å². The van der Waals surface area contributed by atoms with E-state index in [1.54, 1.807) is 35.4 Å². The molecule has 0 radical (unpaired) electrons. The summed E-state index contributed by atoms with van der Waals surface area (Å²) in [6, 6.07) is 12.6. The molecule has 156 valence electrons. The van der Waals surface area contributed by atoms with E-state index in [0.29, 0.717) is 17.9 Å². The van der Waals surface area contributed by atoms with E-state index < -0.39 is 18.4 Å². The van der Waals surface area contributed by atoms with Crippen LogP contribution in [0.4, 0.5) is 15.3 Å². The number of carbonyl (C=O) groups excluding carboxylic acids is 1. The second-order valence-electron chi connectivity index (χ2n) is 6.55. The number of methoxy groups -OCH3 is 1. The van der Waals surface area contributed by atoms with Gasteiger partial charge in [-0.3, -0.25) is 10.1 Å². The number of benzene rings is 1. The quantitative estimate of drug-likeness (QED) is 0.609. The zero-order valence-corrected chi connectivity index (χ0v) is 16.8. The first-order chi connectivity index (χ1) is 14.6. The van der Waals surface area contributed by atoms with Gasteiger partial charge in [-0.1, -0.05) is 35.4 Å². The summed E-state index contributed by atoms with van der Waals surface area (Å²) in [5, 5.41) is 18.7. The summed E-state index contributed by atoms with van der Waals surface area (Å²) in [4.78, 5) is 14.3. The third kappa shape index (κ3) is 4.52. The molecule has 1 fully saturated rings. The van der Waals surface area contributed by atoms with Crippen LogP contribution >= 0.6 is 11.3 Å². The number of halogens is 1. The number of hydrogen-bond donors (Lipinski definition) is 1. The van der Waals surface area contributed by atoms with Crippen molar-refractivity contribution in [1.82, 2.24) is 20.4 Å². The molecular weight excluding hydrogens is 411 g/mol. The molecule has 3 atom stereocenters. The summed E-state index contributed by atoms with van der Waals surface area (Å²) in [5.74, 6) is 0.201. The van der Waals surface area contributed by atoms with Gasteiger partial charge in [-0.15, -0.1) is 10.2 Å². The molecule has 1 N–H and O–H groups in total. The minimum Gasteiger partial charge on any atom is -0.461 e. The van der Waals surface area contributed by atoms with Gasteiger partial charge in [-0.2, -0.15) is 5.10 Å². The first-order valence-electron chi connectivity index (χ1n) is 9.19. The van der Waals surface area contributed by atoms with Crippen LogP contribution in [0.15, 0.2) is 48.7 Å². The Kier molecular flexibility index (Phi) is 6.10. The molecule has 1 aromatic carbocycles. The molecule has 0 bridgehead atoms. The molecule has 0 spiro atoms. The summed E-state index contributed by atoms with van der Waals surface area (Å²) >= 11 is 1.03. The van der Waals surface area contributed by atoms with Crippen molar-refractivity contribution >= 4 is 28.2 Å². The first kappa shape index (κ1) is 20.1. The van der Waals surface area contributed by atoms with Gasteiger partial charge in [-0.25, -0.2) is 4.39 Å².